The van der Waals surface area contributed by atoms with E-state index in [9.17, 15) is 13.0 Å². The lowest BCUT2D eigenvalue weighted by Gasteiger charge is -2.45. The quantitative estimate of drug-likeness (QED) is 0.794. The first-order chi connectivity index (χ1) is 10.5. The van der Waals surface area contributed by atoms with Crippen molar-refractivity contribution < 1.29 is 17.7 Å². The van der Waals surface area contributed by atoms with Crippen LogP contribution in [0.25, 0.3) is 0 Å². The molecule has 0 aromatic heterocycles. The van der Waals surface area contributed by atoms with Gasteiger partial charge in [0.15, 0.2) is 0 Å². The van der Waals surface area contributed by atoms with Gasteiger partial charge in [-0.05, 0) is 71.2 Å². The molecule has 0 bridgehead atoms. The number of rotatable bonds is 4. The third-order valence-electron chi connectivity index (χ3n) is 5.33. The van der Waals surface area contributed by atoms with E-state index in [0.717, 1.165) is 31.5 Å². The van der Waals surface area contributed by atoms with Crippen LogP contribution in [-0.2, 0) is 14.9 Å². The van der Waals surface area contributed by atoms with Crippen LogP contribution in [0.15, 0.2) is 22.3 Å². The van der Waals surface area contributed by atoms with Crippen molar-refractivity contribution in [3.8, 4) is 0 Å². The molecule has 5 nitrogen and oxygen atoms in total. The molecule has 1 unspecified atom stereocenters. The molecule has 1 heterocycles. The van der Waals surface area contributed by atoms with Gasteiger partial charge in [-0.25, -0.2) is 0 Å². The Morgan fingerprint density at radius 3 is 2.39 bits per heavy atom. The Bertz CT molecular complexity index is 613. The third-order valence-corrected chi connectivity index (χ3v) is 6.23. The SMILES string of the molecule is CC1=CC(S(=O)(=O)O)=C(OC(C)C)CC1(C)C1CCN(C)CC1. The summed E-state index contributed by atoms with van der Waals surface area (Å²) >= 11 is 0. The van der Waals surface area contributed by atoms with Crippen molar-refractivity contribution in [1.82, 2.24) is 4.90 Å². The average Bonchev–Trinajstić information content (AvgIpc) is 2.41. The van der Waals surface area contributed by atoms with Gasteiger partial charge in [-0.2, -0.15) is 8.42 Å². The molecule has 1 aliphatic heterocycles. The van der Waals surface area contributed by atoms with Crippen LogP contribution in [0.2, 0.25) is 0 Å². The monoisotopic (exact) mass is 343 g/mol. The largest absolute Gasteiger partial charge is 0.494 e. The van der Waals surface area contributed by atoms with E-state index in [-0.39, 0.29) is 16.4 Å². The zero-order chi connectivity index (χ0) is 17.4. The molecule has 2 aliphatic rings. The van der Waals surface area contributed by atoms with E-state index >= 15 is 0 Å². The summed E-state index contributed by atoms with van der Waals surface area (Å²) in [6, 6.07) is 0. The number of piperidine rings is 1. The van der Waals surface area contributed by atoms with Crippen molar-refractivity contribution in [2.24, 2.45) is 11.3 Å². The minimum atomic E-state index is -4.27. The number of ether oxygens (including phenoxy) is 1. The van der Waals surface area contributed by atoms with Gasteiger partial charge in [0.25, 0.3) is 10.1 Å². The molecule has 1 atom stereocenters. The highest BCUT2D eigenvalue weighted by Crippen LogP contribution is 2.49. The van der Waals surface area contributed by atoms with Gasteiger partial charge in [-0.15, -0.1) is 0 Å². The Morgan fingerprint density at radius 1 is 1.35 bits per heavy atom. The van der Waals surface area contributed by atoms with Crippen molar-refractivity contribution in [2.45, 2.75) is 53.1 Å². The van der Waals surface area contributed by atoms with Gasteiger partial charge in [0.1, 0.15) is 10.7 Å². The van der Waals surface area contributed by atoms with Crippen LogP contribution in [0.3, 0.4) is 0 Å². The van der Waals surface area contributed by atoms with Crippen molar-refractivity contribution in [3.05, 3.63) is 22.3 Å². The van der Waals surface area contributed by atoms with E-state index < -0.39 is 10.1 Å². The summed E-state index contributed by atoms with van der Waals surface area (Å²) in [4.78, 5) is 2.25. The van der Waals surface area contributed by atoms with E-state index in [2.05, 4.69) is 18.9 Å². The Balaban J connectivity index is 2.37. The summed E-state index contributed by atoms with van der Waals surface area (Å²) < 4.78 is 38.8. The molecule has 0 aromatic carbocycles. The zero-order valence-corrected chi connectivity index (χ0v) is 15.6. The highest BCUT2D eigenvalue weighted by atomic mass is 32.2. The molecule has 0 aromatic rings. The van der Waals surface area contributed by atoms with Crippen LogP contribution >= 0.6 is 0 Å². The zero-order valence-electron chi connectivity index (χ0n) is 14.8. The van der Waals surface area contributed by atoms with Crippen LogP contribution in [0, 0.1) is 11.3 Å². The lowest BCUT2D eigenvalue weighted by molar-refractivity contribution is 0.0810. The maximum absolute atomic E-state index is 11.7. The number of nitrogens with zero attached hydrogens (tertiary/aromatic N) is 1. The minimum Gasteiger partial charge on any atom is -0.494 e. The Hall–Kier alpha value is -0.850. The molecule has 1 N–H and O–H groups in total. The molecule has 0 amide bonds. The summed E-state index contributed by atoms with van der Waals surface area (Å²) in [5, 5.41) is 0. The number of hydrogen-bond donors (Lipinski definition) is 1. The number of hydrogen-bond acceptors (Lipinski definition) is 4. The molecule has 2 rings (SSSR count). The highest BCUT2D eigenvalue weighted by Gasteiger charge is 2.42. The lowest BCUT2D eigenvalue weighted by atomic mass is 9.64. The number of allylic oxidation sites excluding steroid dienone is 3. The molecular weight excluding hydrogens is 314 g/mol. The normalized spacial score (nSPS) is 28.2. The second-order valence-corrected chi connectivity index (χ2v) is 8.82. The molecule has 0 radical (unpaired) electrons. The van der Waals surface area contributed by atoms with Crippen LogP contribution in [0.5, 0.6) is 0 Å². The second kappa shape index (κ2) is 6.57. The Morgan fingerprint density at radius 2 is 1.91 bits per heavy atom. The van der Waals surface area contributed by atoms with Gasteiger partial charge >= 0.3 is 0 Å². The van der Waals surface area contributed by atoms with E-state index in [1.807, 2.05) is 20.8 Å². The molecule has 132 valence electrons. The van der Waals surface area contributed by atoms with Crippen molar-refractivity contribution >= 4 is 10.1 Å². The van der Waals surface area contributed by atoms with Crippen LogP contribution in [-0.4, -0.2) is 44.1 Å². The second-order valence-electron chi connectivity index (χ2n) is 7.43. The van der Waals surface area contributed by atoms with Crippen LogP contribution < -0.4 is 0 Å². The molecule has 0 saturated carbocycles. The van der Waals surface area contributed by atoms with Crippen LogP contribution in [0.1, 0.15) is 47.0 Å². The van der Waals surface area contributed by atoms with Gasteiger partial charge in [-0.3, -0.25) is 4.55 Å². The van der Waals surface area contributed by atoms with E-state index in [0.29, 0.717) is 18.1 Å². The first-order valence-electron chi connectivity index (χ1n) is 8.28. The van der Waals surface area contributed by atoms with Crippen molar-refractivity contribution in [3.63, 3.8) is 0 Å². The van der Waals surface area contributed by atoms with E-state index in [1.165, 1.54) is 0 Å². The molecule has 23 heavy (non-hydrogen) atoms. The molecule has 1 saturated heterocycles. The molecule has 0 spiro atoms. The van der Waals surface area contributed by atoms with Crippen molar-refractivity contribution in [2.75, 3.05) is 20.1 Å². The summed E-state index contributed by atoms with van der Waals surface area (Å²) in [5.41, 5.74) is 0.885. The standard InChI is InChI=1S/C17H29NO4S/c1-12(2)22-15-11-17(4,14-6-8-18(5)9-7-14)13(3)10-16(15)23(19,20)21/h10,12,14H,6-9,11H2,1-5H3,(H,19,20,21). The smallest absolute Gasteiger partial charge is 0.297 e. The molecule has 6 heteroatoms. The van der Waals surface area contributed by atoms with Gasteiger partial charge < -0.3 is 9.64 Å². The van der Waals surface area contributed by atoms with E-state index in [1.54, 1.807) is 6.08 Å². The average molecular weight is 343 g/mol. The van der Waals surface area contributed by atoms with E-state index in [4.69, 9.17) is 4.74 Å². The maximum Gasteiger partial charge on any atom is 0.297 e. The van der Waals surface area contributed by atoms with Gasteiger partial charge in [0.05, 0.1) is 6.10 Å². The summed E-state index contributed by atoms with van der Waals surface area (Å²) in [5.74, 6) is 0.887. The third kappa shape index (κ3) is 3.98. The summed E-state index contributed by atoms with van der Waals surface area (Å²) in [7, 11) is -2.14. The fourth-order valence-corrected chi connectivity index (χ4v) is 4.45. The number of likely N-dealkylation sites (tertiary alicyclic amines) is 1. The fraction of sp³-hybridized carbons (Fsp3) is 0.765. The van der Waals surface area contributed by atoms with Gasteiger partial charge in [0, 0.05) is 6.42 Å². The van der Waals surface area contributed by atoms with Gasteiger partial charge in [-0.1, -0.05) is 12.5 Å². The van der Waals surface area contributed by atoms with Gasteiger partial charge in [0.2, 0.25) is 0 Å². The Labute approximate surface area is 140 Å². The highest BCUT2D eigenvalue weighted by molar-refractivity contribution is 7.90. The first kappa shape index (κ1) is 18.5. The van der Waals surface area contributed by atoms with Crippen molar-refractivity contribution in [1.29, 1.82) is 0 Å². The fourth-order valence-electron chi connectivity index (χ4n) is 3.72. The van der Waals surface area contributed by atoms with Crippen LogP contribution in [0.4, 0.5) is 0 Å². The maximum atomic E-state index is 11.7. The minimum absolute atomic E-state index is 0.0749. The molecule has 1 aliphatic carbocycles. The predicted octanol–water partition coefficient (Wildman–Crippen LogP) is 3.21. The Kier molecular flexibility index (Phi) is 5.28. The first-order valence-corrected chi connectivity index (χ1v) is 9.72. The summed E-state index contributed by atoms with van der Waals surface area (Å²) in [6.07, 6.45) is 4.18. The topological polar surface area (TPSA) is 66.8 Å². The lowest BCUT2D eigenvalue weighted by Crippen LogP contribution is -2.40. The molecular formula is C17H29NO4S. The summed E-state index contributed by atoms with van der Waals surface area (Å²) in [6.45, 7) is 10.0. The predicted molar refractivity (Wildman–Crippen MR) is 91.5 cm³/mol. The molecule has 1 fully saturated rings.